The van der Waals surface area contributed by atoms with Crippen molar-refractivity contribution < 1.29 is 9.53 Å². The highest BCUT2D eigenvalue weighted by Gasteiger charge is 2.19. The van der Waals surface area contributed by atoms with E-state index in [0.29, 0.717) is 6.54 Å². The van der Waals surface area contributed by atoms with Gasteiger partial charge in [0.1, 0.15) is 11.4 Å². The molecule has 0 aliphatic carbocycles. The Morgan fingerprint density at radius 1 is 1.39 bits per heavy atom. The van der Waals surface area contributed by atoms with Crippen molar-refractivity contribution in [3.8, 4) is 0 Å². The minimum Gasteiger partial charge on any atom is -0.444 e. The van der Waals surface area contributed by atoms with Gasteiger partial charge in [0.05, 0.1) is 11.0 Å². The lowest BCUT2D eigenvalue weighted by molar-refractivity contribution is 0.0295. The van der Waals surface area contributed by atoms with Crippen LogP contribution in [0.15, 0.2) is 22.7 Å². The number of halogens is 1. The zero-order valence-electron chi connectivity index (χ0n) is 14.4. The third-order valence-corrected chi connectivity index (χ3v) is 4.13. The Labute approximate surface area is 145 Å². The lowest BCUT2D eigenvalue weighted by Gasteiger charge is -2.24. The van der Waals surface area contributed by atoms with Crippen LogP contribution in [0.25, 0.3) is 11.0 Å². The molecule has 0 aliphatic rings. The molecule has 126 valence electrons. The van der Waals surface area contributed by atoms with Gasteiger partial charge in [-0.2, -0.15) is 0 Å². The second kappa shape index (κ2) is 6.91. The quantitative estimate of drug-likeness (QED) is 0.789. The Morgan fingerprint density at radius 3 is 2.74 bits per heavy atom. The molecule has 1 heterocycles. The molecule has 2 aromatic rings. The molecule has 0 N–H and O–H groups in total. The second-order valence-corrected chi connectivity index (χ2v) is 7.53. The van der Waals surface area contributed by atoms with Crippen molar-refractivity contribution in [3.63, 3.8) is 0 Å². The summed E-state index contributed by atoms with van der Waals surface area (Å²) in [6.07, 6.45) is 0.550. The maximum Gasteiger partial charge on any atom is 0.410 e. The van der Waals surface area contributed by atoms with Gasteiger partial charge in [0.25, 0.3) is 0 Å². The summed E-state index contributed by atoms with van der Waals surface area (Å²) >= 11 is 3.59. The van der Waals surface area contributed by atoms with Crippen molar-refractivity contribution in [1.29, 1.82) is 0 Å². The number of amides is 1. The number of aromatic nitrogens is 2. The van der Waals surface area contributed by atoms with E-state index in [4.69, 9.17) is 4.74 Å². The molecule has 0 spiro atoms. The van der Waals surface area contributed by atoms with Gasteiger partial charge in [0.2, 0.25) is 0 Å². The number of rotatable bonds is 4. The van der Waals surface area contributed by atoms with Crippen LogP contribution in [0, 0.1) is 6.92 Å². The van der Waals surface area contributed by atoms with Crippen LogP contribution in [0.4, 0.5) is 4.79 Å². The van der Waals surface area contributed by atoms with Gasteiger partial charge in [0, 0.05) is 24.6 Å². The summed E-state index contributed by atoms with van der Waals surface area (Å²) < 4.78 is 8.58. The van der Waals surface area contributed by atoms with E-state index in [0.717, 1.165) is 34.3 Å². The molecular formula is C17H24BrN3O2. The minimum absolute atomic E-state index is 0.286. The predicted octanol–water partition coefficient (Wildman–Crippen LogP) is 4.36. The Morgan fingerprint density at radius 2 is 2.09 bits per heavy atom. The van der Waals surface area contributed by atoms with Crippen molar-refractivity contribution in [2.75, 3.05) is 13.6 Å². The zero-order valence-corrected chi connectivity index (χ0v) is 16.0. The Kier molecular flexibility index (Phi) is 5.34. The Bertz CT molecular complexity index is 704. The fourth-order valence-corrected chi connectivity index (χ4v) is 3.00. The van der Waals surface area contributed by atoms with Crippen molar-refractivity contribution in [1.82, 2.24) is 14.5 Å². The number of fused-ring (bicyclic) bond motifs is 1. The maximum atomic E-state index is 12.0. The number of imidazole rings is 1. The van der Waals surface area contributed by atoms with Crippen molar-refractivity contribution in [2.45, 2.75) is 46.3 Å². The van der Waals surface area contributed by atoms with Crippen LogP contribution in [-0.4, -0.2) is 39.7 Å². The number of hydrogen-bond donors (Lipinski definition) is 0. The van der Waals surface area contributed by atoms with Crippen LogP contribution in [0.3, 0.4) is 0 Å². The van der Waals surface area contributed by atoms with Gasteiger partial charge in [-0.05, 0) is 62.2 Å². The number of carbonyl (C=O) groups is 1. The van der Waals surface area contributed by atoms with E-state index in [1.54, 1.807) is 11.9 Å². The molecule has 0 saturated heterocycles. The molecule has 0 radical (unpaired) electrons. The first-order chi connectivity index (χ1) is 10.7. The van der Waals surface area contributed by atoms with Gasteiger partial charge in [-0.15, -0.1) is 0 Å². The first-order valence-corrected chi connectivity index (χ1v) is 8.54. The fourth-order valence-electron chi connectivity index (χ4n) is 2.43. The van der Waals surface area contributed by atoms with Gasteiger partial charge in [0.15, 0.2) is 0 Å². The van der Waals surface area contributed by atoms with Gasteiger partial charge in [-0.3, -0.25) is 0 Å². The lowest BCUT2D eigenvalue weighted by Crippen LogP contribution is -2.35. The summed E-state index contributed by atoms with van der Waals surface area (Å²) in [5, 5.41) is 0. The fraction of sp³-hybridized carbons (Fsp3) is 0.529. The number of carbonyl (C=O) groups excluding carboxylic acids is 1. The first kappa shape index (κ1) is 17.8. The Hall–Kier alpha value is -1.56. The van der Waals surface area contributed by atoms with Gasteiger partial charge < -0.3 is 14.2 Å². The van der Waals surface area contributed by atoms with E-state index in [-0.39, 0.29) is 6.09 Å². The number of hydrogen-bond acceptors (Lipinski definition) is 3. The van der Waals surface area contributed by atoms with Crippen molar-refractivity contribution in [2.24, 2.45) is 0 Å². The molecule has 1 amide bonds. The van der Waals surface area contributed by atoms with Crippen molar-refractivity contribution >= 4 is 33.1 Å². The van der Waals surface area contributed by atoms with Crippen LogP contribution >= 0.6 is 15.9 Å². The number of ether oxygens (including phenoxy) is 1. The molecule has 0 bridgehead atoms. The molecule has 0 aliphatic heterocycles. The molecule has 0 fully saturated rings. The molecule has 2 rings (SSSR count). The normalized spacial score (nSPS) is 11.7. The lowest BCUT2D eigenvalue weighted by atomic mass is 10.2. The van der Waals surface area contributed by atoms with Gasteiger partial charge in [-0.1, -0.05) is 6.07 Å². The summed E-state index contributed by atoms with van der Waals surface area (Å²) in [4.78, 5) is 18.2. The van der Waals surface area contributed by atoms with Crippen LogP contribution in [0.1, 0.15) is 33.0 Å². The van der Waals surface area contributed by atoms with E-state index in [9.17, 15) is 4.79 Å². The van der Waals surface area contributed by atoms with E-state index < -0.39 is 5.60 Å². The highest BCUT2D eigenvalue weighted by molar-refractivity contribution is 9.10. The number of aryl methyl sites for hydroxylation is 2. The predicted molar refractivity (Wildman–Crippen MR) is 95.7 cm³/mol. The van der Waals surface area contributed by atoms with Crippen molar-refractivity contribution in [3.05, 3.63) is 28.5 Å². The SMILES string of the molecule is Cc1nc2cccc(Br)c2n1CCCN(C)C(=O)OC(C)(C)C. The highest BCUT2D eigenvalue weighted by Crippen LogP contribution is 2.25. The number of nitrogens with zero attached hydrogens (tertiary/aromatic N) is 3. The monoisotopic (exact) mass is 381 g/mol. The summed E-state index contributed by atoms with van der Waals surface area (Å²) in [5.74, 6) is 0.979. The maximum absolute atomic E-state index is 12.0. The van der Waals surface area contributed by atoms with Gasteiger partial charge >= 0.3 is 6.09 Å². The summed E-state index contributed by atoms with van der Waals surface area (Å²) in [5.41, 5.74) is 1.62. The molecule has 6 heteroatoms. The average molecular weight is 382 g/mol. The standard InChI is InChI=1S/C17H24BrN3O2/c1-12-19-14-9-6-8-13(18)15(14)21(12)11-7-10-20(5)16(22)23-17(2,3)4/h6,8-9H,7,10-11H2,1-5H3. The van der Waals surface area contributed by atoms with E-state index in [2.05, 4.69) is 25.5 Å². The first-order valence-electron chi connectivity index (χ1n) is 7.74. The third kappa shape index (κ3) is 4.47. The van der Waals surface area contributed by atoms with Crippen LogP contribution in [0.5, 0.6) is 0 Å². The second-order valence-electron chi connectivity index (χ2n) is 6.67. The van der Waals surface area contributed by atoms with Crippen LogP contribution in [-0.2, 0) is 11.3 Å². The van der Waals surface area contributed by atoms with E-state index in [1.165, 1.54) is 0 Å². The Balaban J connectivity index is 1.99. The van der Waals surface area contributed by atoms with Gasteiger partial charge in [-0.25, -0.2) is 9.78 Å². The topological polar surface area (TPSA) is 47.4 Å². The average Bonchev–Trinajstić information content (AvgIpc) is 2.74. The molecule has 0 atom stereocenters. The molecule has 0 unspecified atom stereocenters. The minimum atomic E-state index is -0.465. The molecule has 23 heavy (non-hydrogen) atoms. The number of benzene rings is 1. The van der Waals surface area contributed by atoms with E-state index >= 15 is 0 Å². The molecule has 5 nitrogen and oxygen atoms in total. The molecule has 1 aromatic heterocycles. The van der Waals surface area contributed by atoms with Crippen LogP contribution < -0.4 is 0 Å². The number of para-hydroxylation sites is 1. The summed E-state index contributed by atoms with van der Waals surface area (Å²) in [6.45, 7) is 9.06. The summed E-state index contributed by atoms with van der Waals surface area (Å²) in [6, 6.07) is 6.02. The molecule has 0 saturated carbocycles. The highest BCUT2D eigenvalue weighted by atomic mass is 79.9. The molecule has 1 aromatic carbocycles. The van der Waals surface area contributed by atoms with Crippen LogP contribution in [0.2, 0.25) is 0 Å². The molecular weight excluding hydrogens is 358 g/mol. The van der Waals surface area contributed by atoms with E-state index in [1.807, 2.05) is 45.9 Å². The largest absolute Gasteiger partial charge is 0.444 e. The third-order valence-electron chi connectivity index (χ3n) is 3.49. The smallest absolute Gasteiger partial charge is 0.410 e. The zero-order chi connectivity index (χ0) is 17.2. The summed E-state index contributed by atoms with van der Waals surface area (Å²) in [7, 11) is 1.77.